The first-order chi connectivity index (χ1) is 30.8. The second-order valence-corrected chi connectivity index (χ2v) is 15.9. The molecule has 3 aromatic heterocycles. The van der Waals surface area contributed by atoms with Crippen LogP contribution in [0.4, 0.5) is 0 Å². The summed E-state index contributed by atoms with van der Waals surface area (Å²) in [5, 5.41) is 12.0. The lowest BCUT2D eigenvalue weighted by molar-refractivity contribution is 0.955. The minimum atomic E-state index is 0.570. The van der Waals surface area contributed by atoms with E-state index >= 15 is 0 Å². The first kappa shape index (κ1) is 34.5. The Bertz CT molecular complexity index is 3890. The van der Waals surface area contributed by atoms with Gasteiger partial charge in [0, 0.05) is 54.5 Å². The van der Waals surface area contributed by atoms with Crippen molar-refractivity contribution in [3.05, 3.63) is 212 Å². The van der Waals surface area contributed by atoms with Crippen molar-refractivity contribution in [3.8, 4) is 45.5 Å². The monoisotopic (exact) mass is 789 g/mol. The molecule has 0 aliphatic carbocycles. The van der Waals surface area contributed by atoms with E-state index in [2.05, 4.69) is 197 Å². The van der Waals surface area contributed by atoms with E-state index in [0.717, 1.165) is 44.2 Å². The van der Waals surface area contributed by atoms with Crippen LogP contribution in [0.25, 0.3) is 121 Å². The van der Waals surface area contributed by atoms with Crippen molar-refractivity contribution in [2.24, 2.45) is 0 Å². The molecular formula is C57H35N5. The SMILES string of the molecule is c1ccc(-c2ccc(-c3nc(-c4ccccc4)nc(-n4c5ccccc5c5c6c7ccccc7c7c8ccccc8n(-c8ccccc8)c7c6c6ccccc6c54)n3)cc2)cc1. The van der Waals surface area contributed by atoms with Crippen molar-refractivity contribution in [1.82, 2.24) is 24.1 Å². The van der Waals surface area contributed by atoms with E-state index in [-0.39, 0.29) is 0 Å². The summed E-state index contributed by atoms with van der Waals surface area (Å²) in [6.45, 7) is 0. The number of para-hydroxylation sites is 3. The Balaban J connectivity index is 1.20. The van der Waals surface area contributed by atoms with Crippen molar-refractivity contribution >= 4 is 75.9 Å². The van der Waals surface area contributed by atoms with Gasteiger partial charge in [-0.05, 0) is 51.6 Å². The van der Waals surface area contributed by atoms with Crippen molar-refractivity contribution < 1.29 is 0 Å². The second kappa shape index (κ2) is 13.6. The number of aromatic nitrogens is 5. The third kappa shape index (κ3) is 5.06. The highest BCUT2D eigenvalue weighted by atomic mass is 15.2. The summed E-state index contributed by atoms with van der Waals surface area (Å²) in [5.74, 6) is 1.80. The summed E-state index contributed by atoms with van der Waals surface area (Å²) in [4.78, 5) is 15.9. The van der Waals surface area contributed by atoms with Crippen molar-refractivity contribution in [2.45, 2.75) is 0 Å². The zero-order valence-electron chi connectivity index (χ0n) is 33.4. The van der Waals surface area contributed by atoms with Crippen LogP contribution in [0, 0.1) is 0 Å². The Morgan fingerprint density at radius 3 is 1.29 bits per heavy atom. The summed E-state index contributed by atoms with van der Waals surface area (Å²) in [5.41, 5.74) is 9.76. The van der Waals surface area contributed by atoms with Crippen LogP contribution in [-0.4, -0.2) is 24.1 Å². The van der Waals surface area contributed by atoms with Crippen LogP contribution in [0.15, 0.2) is 212 Å². The molecule has 10 aromatic carbocycles. The topological polar surface area (TPSA) is 48.5 Å². The standard InChI is InChI=1S/C57H35N5/c1-4-18-36(19-5-1)37-32-34-39(35-33-37)56-58-55(38-20-6-2-7-21-38)59-57(60-56)62-48-31-17-15-29-46(48)52-50-42-25-11-10-24-41(42)49-45-28-14-16-30-47(45)61(40-22-8-3-9-23-40)54(49)51(50)43-26-12-13-27-44(43)53(52)62/h1-35H. The fourth-order valence-corrected chi connectivity index (χ4v) is 9.90. The summed E-state index contributed by atoms with van der Waals surface area (Å²) in [7, 11) is 0. The molecule has 0 aliphatic heterocycles. The first-order valence-corrected chi connectivity index (χ1v) is 21.0. The number of hydrogen-bond donors (Lipinski definition) is 0. The van der Waals surface area contributed by atoms with Gasteiger partial charge in [-0.15, -0.1) is 0 Å². The Morgan fingerprint density at radius 1 is 0.258 bits per heavy atom. The highest BCUT2D eigenvalue weighted by molar-refractivity contribution is 6.44. The zero-order valence-corrected chi connectivity index (χ0v) is 33.4. The van der Waals surface area contributed by atoms with E-state index in [1.165, 1.54) is 59.7 Å². The molecule has 0 saturated carbocycles. The molecule has 5 nitrogen and oxygen atoms in total. The van der Waals surface area contributed by atoms with Crippen molar-refractivity contribution in [1.29, 1.82) is 0 Å². The molecule has 62 heavy (non-hydrogen) atoms. The van der Waals surface area contributed by atoms with Gasteiger partial charge < -0.3 is 4.57 Å². The predicted molar refractivity (Wildman–Crippen MR) is 257 cm³/mol. The molecule has 0 N–H and O–H groups in total. The molecule has 0 fully saturated rings. The lowest BCUT2D eigenvalue weighted by Gasteiger charge is -2.17. The minimum Gasteiger partial charge on any atom is -0.309 e. The summed E-state index contributed by atoms with van der Waals surface area (Å²) in [6.07, 6.45) is 0. The molecule has 0 amide bonds. The number of benzene rings is 10. The Morgan fingerprint density at radius 2 is 0.661 bits per heavy atom. The maximum Gasteiger partial charge on any atom is 0.238 e. The van der Waals surface area contributed by atoms with Crippen LogP contribution < -0.4 is 0 Å². The summed E-state index contributed by atoms with van der Waals surface area (Å²) < 4.78 is 4.76. The Kier molecular flexibility index (Phi) is 7.54. The second-order valence-electron chi connectivity index (χ2n) is 15.9. The average molecular weight is 790 g/mol. The third-order valence-corrected chi connectivity index (χ3v) is 12.5. The Labute approximate surface area is 356 Å². The minimum absolute atomic E-state index is 0.570. The molecule has 13 rings (SSSR count). The maximum absolute atomic E-state index is 5.39. The van der Waals surface area contributed by atoms with E-state index in [1.807, 2.05) is 24.3 Å². The van der Waals surface area contributed by atoms with Crippen LogP contribution in [0.2, 0.25) is 0 Å². The van der Waals surface area contributed by atoms with Crippen LogP contribution in [0.3, 0.4) is 0 Å². The van der Waals surface area contributed by atoms with Crippen molar-refractivity contribution in [3.63, 3.8) is 0 Å². The molecule has 0 bridgehead atoms. The van der Waals surface area contributed by atoms with Crippen LogP contribution >= 0.6 is 0 Å². The van der Waals surface area contributed by atoms with Gasteiger partial charge in [-0.2, -0.15) is 9.97 Å². The molecule has 0 radical (unpaired) electrons. The lowest BCUT2D eigenvalue weighted by Crippen LogP contribution is -2.06. The van der Waals surface area contributed by atoms with Crippen LogP contribution in [0.1, 0.15) is 0 Å². The molecule has 0 aliphatic rings. The highest BCUT2D eigenvalue weighted by Crippen LogP contribution is 2.50. The van der Waals surface area contributed by atoms with E-state index in [1.54, 1.807) is 0 Å². The number of nitrogens with zero attached hydrogens (tertiary/aromatic N) is 5. The fraction of sp³-hybridized carbons (Fsp3) is 0. The van der Waals surface area contributed by atoms with Gasteiger partial charge in [-0.25, -0.2) is 4.98 Å². The highest BCUT2D eigenvalue weighted by Gasteiger charge is 2.27. The van der Waals surface area contributed by atoms with Gasteiger partial charge in [0.2, 0.25) is 5.95 Å². The van der Waals surface area contributed by atoms with Gasteiger partial charge in [-0.1, -0.05) is 188 Å². The quantitative estimate of drug-likeness (QED) is 0.163. The molecule has 13 aromatic rings. The zero-order chi connectivity index (χ0) is 40.7. The number of hydrogen-bond acceptors (Lipinski definition) is 3. The van der Waals surface area contributed by atoms with Gasteiger partial charge in [0.05, 0.1) is 22.1 Å². The normalized spacial score (nSPS) is 11.9. The van der Waals surface area contributed by atoms with E-state index in [0.29, 0.717) is 17.6 Å². The summed E-state index contributed by atoms with van der Waals surface area (Å²) >= 11 is 0. The van der Waals surface area contributed by atoms with E-state index in [4.69, 9.17) is 15.0 Å². The molecule has 0 atom stereocenters. The fourth-order valence-electron chi connectivity index (χ4n) is 9.90. The number of rotatable bonds is 5. The molecule has 0 spiro atoms. The lowest BCUT2D eigenvalue weighted by atomic mass is 9.90. The van der Waals surface area contributed by atoms with Gasteiger partial charge in [0.15, 0.2) is 11.6 Å². The van der Waals surface area contributed by atoms with E-state index in [9.17, 15) is 0 Å². The van der Waals surface area contributed by atoms with E-state index < -0.39 is 0 Å². The van der Waals surface area contributed by atoms with Gasteiger partial charge in [0.25, 0.3) is 0 Å². The van der Waals surface area contributed by atoms with Gasteiger partial charge in [0.1, 0.15) is 0 Å². The van der Waals surface area contributed by atoms with Crippen LogP contribution in [-0.2, 0) is 0 Å². The molecule has 288 valence electrons. The number of fused-ring (bicyclic) bond motifs is 15. The third-order valence-electron chi connectivity index (χ3n) is 12.5. The predicted octanol–water partition coefficient (Wildman–Crippen LogP) is 14.5. The van der Waals surface area contributed by atoms with Gasteiger partial charge >= 0.3 is 0 Å². The molecule has 3 heterocycles. The Hall–Kier alpha value is -8.41. The van der Waals surface area contributed by atoms with Crippen molar-refractivity contribution in [2.75, 3.05) is 0 Å². The first-order valence-electron chi connectivity index (χ1n) is 21.0. The summed E-state index contributed by atoms with van der Waals surface area (Å²) in [6, 6.07) is 75.5. The molecule has 0 saturated heterocycles. The molecule has 5 heteroatoms. The smallest absolute Gasteiger partial charge is 0.238 e. The van der Waals surface area contributed by atoms with Crippen LogP contribution in [0.5, 0.6) is 0 Å². The van der Waals surface area contributed by atoms with Gasteiger partial charge in [-0.3, -0.25) is 4.57 Å². The largest absolute Gasteiger partial charge is 0.309 e. The molecular weight excluding hydrogens is 755 g/mol. The molecule has 0 unspecified atom stereocenters. The average Bonchev–Trinajstić information content (AvgIpc) is 3.89. The maximum atomic E-state index is 5.39.